The monoisotopic (exact) mass is 235 g/mol. The Bertz CT molecular complexity index is 390. The summed E-state index contributed by atoms with van der Waals surface area (Å²) in [7, 11) is 2.01. The minimum Gasteiger partial charge on any atom is -0.477 e. The Balaban J connectivity index is 2.77. The smallest absolute Gasteiger partial charge is 0.141 e. The Morgan fingerprint density at radius 3 is 2.76 bits per heavy atom. The zero-order chi connectivity index (χ0) is 12.8. The molecular formula is C13H21N3O. The average molecular weight is 235 g/mol. The number of rotatable bonds is 6. The summed E-state index contributed by atoms with van der Waals surface area (Å²) in [5.74, 6) is 0.681. The highest BCUT2D eigenvalue weighted by molar-refractivity contribution is 6.03. The predicted octanol–water partition coefficient (Wildman–Crippen LogP) is 2.33. The van der Waals surface area contributed by atoms with E-state index in [0.29, 0.717) is 29.4 Å². The number of nitrogens with zero attached hydrogens (tertiary/aromatic N) is 1. The van der Waals surface area contributed by atoms with Crippen LogP contribution in [0.5, 0.6) is 5.75 Å². The van der Waals surface area contributed by atoms with Crippen molar-refractivity contribution < 1.29 is 4.74 Å². The third-order valence-electron chi connectivity index (χ3n) is 2.48. The van der Waals surface area contributed by atoms with Crippen LogP contribution < -0.4 is 10.5 Å². The lowest BCUT2D eigenvalue weighted by Crippen LogP contribution is -2.24. The van der Waals surface area contributed by atoms with Crippen LogP contribution in [0.15, 0.2) is 18.2 Å². The Hall–Kier alpha value is -1.55. The molecule has 0 saturated carbocycles. The van der Waals surface area contributed by atoms with Gasteiger partial charge in [0.25, 0.3) is 0 Å². The van der Waals surface area contributed by atoms with Crippen molar-refractivity contribution in [1.82, 2.24) is 4.90 Å². The molecule has 0 aromatic heterocycles. The van der Waals surface area contributed by atoms with E-state index in [1.807, 2.05) is 19.2 Å². The van der Waals surface area contributed by atoms with Crippen LogP contribution in [0.25, 0.3) is 0 Å². The number of nitrogens with one attached hydrogen (secondary N) is 1. The van der Waals surface area contributed by atoms with E-state index in [9.17, 15) is 0 Å². The van der Waals surface area contributed by atoms with Gasteiger partial charge in [0.2, 0.25) is 0 Å². The van der Waals surface area contributed by atoms with Crippen LogP contribution in [0.1, 0.15) is 25.8 Å². The number of ether oxygens (including phenoxy) is 1. The van der Waals surface area contributed by atoms with Crippen molar-refractivity contribution in [3.05, 3.63) is 23.8 Å². The van der Waals surface area contributed by atoms with Crippen LogP contribution in [0.4, 0.5) is 5.69 Å². The standard InChI is InChI=1S/C13H21N3O/c1-4-8-16(3)9-17-12-7-5-6-11(15)13(12)10(2)14/h5-7,14H,4,8-9,15H2,1-3H3. The van der Waals surface area contributed by atoms with E-state index in [1.54, 1.807) is 13.0 Å². The maximum absolute atomic E-state index is 7.71. The third kappa shape index (κ3) is 3.75. The lowest BCUT2D eigenvalue weighted by atomic mass is 10.1. The highest BCUT2D eigenvalue weighted by Crippen LogP contribution is 2.24. The quantitative estimate of drug-likeness (QED) is 0.452. The van der Waals surface area contributed by atoms with E-state index in [0.717, 1.165) is 13.0 Å². The van der Waals surface area contributed by atoms with Crippen molar-refractivity contribution in [2.45, 2.75) is 20.3 Å². The minimum absolute atomic E-state index is 0.427. The molecule has 0 bridgehead atoms. The second kappa shape index (κ2) is 6.25. The van der Waals surface area contributed by atoms with Crippen LogP contribution in [0.3, 0.4) is 0 Å². The number of nitrogen functional groups attached to an aromatic ring is 1. The van der Waals surface area contributed by atoms with Gasteiger partial charge in [0, 0.05) is 17.9 Å². The van der Waals surface area contributed by atoms with Gasteiger partial charge in [-0.15, -0.1) is 0 Å². The summed E-state index contributed by atoms with van der Waals surface area (Å²) in [5, 5.41) is 7.71. The van der Waals surface area contributed by atoms with Crippen molar-refractivity contribution in [3.63, 3.8) is 0 Å². The maximum atomic E-state index is 7.71. The van der Waals surface area contributed by atoms with Crippen LogP contribution in [0.2, 0.25) is 0 Å². The van der Waals surface area contributed by atoms with Gasteiger partial charge in [0.1, 0.15) is 12.5 Å². The summed E-state index contributed by atoms with van der Waals surface area (Å²) in [5.41, 5.74) is 7.56. The van der Waals surface area contributed by atoms with Gasteiger partial charge in [-0.3, -0.25) is 4.90 Å². The number of hydrogen-bond donors (Lipinski definition) is 2. The van der Waals surface area contributed by atoms with Gasteiger partial charge < -0.3 is 15.9 Å². The first-order valence-electron chi connectivity index (χ1n) is 5.81. The molecule has 0 aliphatic heterocycles. The Morgan fingerprint density at radius 2 is 2.18 bits per heavy atom. The molecule has 0 radical (unpaired) electrons. The van der Waals surface area contributed by atoms with Gasteiger partial charge in [0.05, 0.1) is 5.56 Å². The highest BCUT2D eigenvalue weighted by Gasteiger charge is 2.10. The molecule has 4 heteroatoms. The van der Waals surface area contributed by atoms with E-state index >= 15 is 0 Å². The summed E-state index contributed by atoms with van der Waals surface area (Å²) >= 11 is 0. The molecule has 0 unspecified atom stereocenters. The molecule has 0 atom stereocenters. The van der Waals surface area contributed by atoms with Crippen LogP contribution in [-0.2, 0) is 0 Å². The Kier molecular flexibility index (Phi) is 4.97. The van der Waals surface area contributed by atoms with Gasteiger partial charge >= 0.3 is 0 Å². The van der Waals surface area contributed by atoms with E-state index in [2.05, 4.69) is 11.8 Å². The minimum atomic E-state index is 0.427. The lowest BCUT2D eigenvalue weighted by Gasteiger charge is -2.18. The first kappa shape index (κ1) is 13.5. The van der Waals surface area contributed by atoms with E-state index in [-0.39, 0.29) is 0 Å². The molecule has 4 nitrogen and oxygen atoms in total. The van der Waals surface area contributed by atoms with Crippen molar-refractivity contribution in [1.29, 1.82) is 5.41 Å². The van der Waals surface area contributed by atoms with Crippen molar-refractivity contribution in [2.24, 2.45) is 0 Å². The van der Waals surface area contributed by atoms with E-state index < -0.39 is 0 Å². The molecule has 0 heterocycles. The molecule has 17 heavy (non-hydrogen) atoms. The van der Waals surface area contributed by atoms with Crippen LogP contribution in [0, 0.1) is 5.41 Å². The summed E-state index contributed by atoms with van der Waals surface area (Å²) in [4.78, 5) is 2.09. The van der Waals surface area contributed by atoms with E-state index in [4.69, 9.17) is 15.9 Å². The normalized spacial score (nSPS) is 10.6. The number of hydrogen-bond acceptors (Lipinski definition) is 4. The second-order valence-corrected chi connectivity index (χ2v) is 4.20. The van der Waals surface area contributed by atoms with Crippen LogP contribution >= 0.6 is 0 Å². The molecule has 1 rings (SSSR count). The van der Waals surface area contributed by atoms with E-state index in [1.165, 1.54) is 0 Å². The van der Waals surface area contributed by atoms with Crippen molar-refractivity contribution in [2.75, 3.05) is 26.1 Å². The first-order chi connectivity index (χ1) is 8.06. The predicted molar refractivity (Wildman–Crippen MR) is 71.8 cm³/mol. The fourth-order valence-electron chi connectivity index (χ4n) is 1.70. The molecule has 94 valence electrons. The lowest BCUT2D eigenvalue weighted by molar-refractivity contribution is 0.153. The summed E-state index contributed by atoms with van der Waals surface area (Å²) < 4.78 is 5.70. The molecule has 3 N–H and O–H groups in total. The maximum Gasteiger partial charge on any atom is 0.141 e. The number of nitrogens with two attached hydrogens (primary N) is 1. The third-order valence-corrected chi connectivity index (χ3v) is 2.48. The van der Waals surface area contributed by atoms with Crippen molar-refractivity contribution >= 4 is 11.4 Å². The largest absolute Gasteiger partial charge is 0.477 e. The zero-order valence-electron chi connectivity index (χ0n) is 10.8. The summed E-state index contributed by atoms with van der Waals surface area (Å²) in [6, 6.07) is 5.48. The van der Waals surface area contributed by atoms with Crippen molar-refractivity contribution in [3.8, 4) is 5.75 Å². The molecule has 0 saturated heterocycles. The molecule has 0 aliphatic carbocycles. The number of anilines is 1. The molecule has 0 spiro atoms. The molecule has 0 amide bonds. The SMILES string of the molecule is CCCN(C)COc1cccc(N)c1C(C)=N. The molecule has 0 fully saturated rings. The number of benzene rings is 1. The fourth-order valence-corrected chi connectivity index (χ4v) is 1.70. The first-order valence-corrected chi connectivity index (χ1v) is 5.81. The van der Waals surface area contributed by atoms with Gasteiger partial charge in [-0.2, -0.15) is 0 Å². The molecular weight excluding hydrogens is 214 g/mol. The second-order valence-electron chi connectivity index (χ2n) is 4.20. The molecule has 0 aliphatic rings. The average Bonchev–Trinajstić information content (AvgIpc) is 2.26. The molecule has 1 aromatic rings. The Labute approximate surface area is 103 Å². The van der Waals surface area contributed by atoms with Gasteiger partial charge in [-0.05, 0) is 32.5 Å². The van der Waals surface area contributed by atoms with Gasteiger partial charge in [0.15, 0.2) is 0 Å². The van der Waals surface area contributed by atoms with Gasteiger partial charge in [-0.25, -0.2) is 0 Å². The highest BCUT2D eigenvalue weighted by atomic mass is 16.5. The van der Waals surface area contributed by atoms with Gasteiger partial charge in [-0.1, -0.05) is 13.0 Å². The summed E-state index contributed by atoms with van der Waals surface area (Å²) in [6.45, 7) is 5.34. The van der Waals surface area contributed by atoms with Crippen LogP contribution in [-0.4, -0.2) is 30.9 Å². The Morgan fingerprint density at radius 1 is 1.47 bits per heavy atom. The molecule has 1 aromatic carbocycles. The topological polar surface area (TPSA) is 62.3 Å². The fraction of sp³-hybridized carbons (Fsp3) is 0.462. The summed E-state index contributed by atoms with van der Waals surface area (Å²) in [6.07, 6.45) is 1.09. The zero-order valence-corrected chi connectivity index (χ0v) is 10.8.